The van der Waals surface area contributed by atoms with E-state index in [1.54, 1.807) is 68.0 Å². The van der Waals surface area contributed by atoms with Crippen LogP contribution in [0.3, 0.4) is 0 Å². The molecule has 1 saturated heterocycles. The monoisotopic (exact) mass is 464 g/mol. The van der Waals surface area contributed by atoms with E-state index in [9.17, 15) is 14.7 Å². The lowest BCUT2D eigenvalue weighted by molar-refractivity contribution is -0.140. The fourth-order valence-electron chi connectivity index (χ4n) is 3.82. The predicted molar refractivity (Wildman–Crippen MR) is 123 cm³/mol. The van der Waals surface area contributed by atoms with Crippen molar-refractivity contribution in [2.75, 3.05) is 14.2 Å². The summed E-state index contributed by atoms with van der Waals surface area (Å²) in [6.07, 6.45) is 3.24. The van der Waals surface area contributed by atoms with Gasteiger partial charge in [0, 0.05) is 24.5 Å². The van der Waals surface area contributed by atoms with Gasteiger partial charge in [0.1, 0.15) is 17.3 Å². The fraction of sp³-hybridized carbons (Fsp3) is 0.160. The molecule has 1 fully saturated rings. The highest BCUT2D eigenvalue weighted by atomic mass is 35.5. The summed E-state index contributed by atoms with van der Waals surface area (Å²) in [7, 11) is 3.01. The molecule has 3 aromatic rings. The number of benzene rings is 2. The molecule has 0 saturated carbocycles. The number of pyridine rings is 1. The van der Waals surface area contributed by atoms with Gasteiger partial charge in [-0.1, -0.05) is 23.7 Å². The van der Waals surface area contributed by atoms with Gasteiger partial charge in [0.15, 0.2) is 0 Å². The highest BCUT2D eigenvalue weighted by Crippen LogP contribution is 2.41. The number of aliphatic hydroxyl groups excluding tert-OH is 1. The largest absolute Gasteiger partial charge is 0.507 e. The van der Waals surface area contributed by atoms with Crippen LogP contribution in [0.25, 0.3) is 5.76 Å². The van der Waals surface area contributed by atoms with Gasteiger partial charge in [-0.3, -0.25) is 14.6 Å². The Hall–Kier alpha value is -3.84. The first kappa shape index (κ1) is 22.4. The number of carbonyl (C=O) groups is 2. The quantitative estimate of drug-likeness (QED) is 0.331. The van der Waals surface area contributed by atoms with Gasteiger partial charge in [-0.2, -0.15) is 0 Å². The minimum atomic E-state index is -0.800. The lowest BCUT2D eigenvalue weighted by Crippen LogP contribution is -2.29. The second-order valence-electron chi connectivity index (χ2n) is 7.40. The number of carbonyl (C=O) groups excluding carboxylic acids is 2. The second-order valence-corrected chi connectivity index (χ2v) is 7.81. The van der Waals surface area contributed by atoms with Crippen LogP contribution in [0.15, 0.2) is 72.6 Å². The number of nitrogens with zero attached hydrogens (tertiary/aromatic N) is 2. The number of aromatic nitrogens is 1. The van der Waals surface area contributed by atoms with Crippen LogP contribution in [0.1, 0.15) is 22.7 Å². The van der Waals surface area contributed by atoms with Crippen molar-refractivity contribution in [3.05, 3.63) is 94.3 Å². The number of hydrogen-bond acceptors (Lipinski definition) is 6. The summed E-state index contributed by atoms with van der Waals surface area (Å²) in [4.78, 5) is 31.7. The predicted octanol–water partition coefficient (Wildman–Crippen LogP) is 4.37. The summed E-state index contributed by atoms with van der Waals surface area (Å²) in [6, 6.07) is 14.4. The molecule has 2 heterocycles. The number of ketones is 1. The van der Waals surface area contributed by atoms with Crippen molar-refractivity contribution in [3.8, 4) is 11.5 Å². The Morgan fingerprint density at radius 2 is 1.73 bits per heavy atom. The molecule has 1 N–H and O–H groups in total. The molecule has 8 heteroatoms. The van der Waals surface area contributed by atoms with Crippen molar-refractivity contribution >= 4 is 29.1 Å². The molecule has 168 valence electrons. The summed E-state index contributed by atoms with van der Waals surface area (Å²) in [5, 5.41) is 11.5. The first-order valence-electron chi connectivity index (χ1n) is 10.1. The third kappa shape index (κ3) is 4.27. The maximum absolute atomic E-state index is 13.1. The van der Waals surface area contributed by atoms with Crippen LogP contribution in [0, 0.1) is 0 Å². The van der Waals surface area contributed by atoms with Crippen LogP contribution in [0.5, 0.6) is 11.5 Å². The fourth-order valence-corrected chi connectivity index (χ4v) is 4.02. The molecule has 0 spiro atoms. The Kier molecular flexibility index (Phi) is 6.33. The molecule has 1 amide bonds. The van der Waals surface area contributed by atoms with Crippen molar-refractivity contribution in [3.63, 3.8) is 0 Å². The summed E-state index contributed by atoms with van der Waals surface area (Å²) in [5.74, 6) is -0.798. The van der Waals surface area contributed by atoms with Gasteiger partial charge >= 0.3 is 0 Å². The van der Waals surface area contributed by atoms with Gasteiger partial charge in [-0.25, -0.2) is 0 Å². The average Bonchev–Trinajstić information content (AvgIpc) is 3.09. The van der Waals surface area contributed by atoms with Crippen LogP contribution < -0.4 is 9.47 Å². The molecule has 0 bridgehead atoms. The molecule has 1 atom stereocenters. The number of Topliss-reactive ketones (excluding diaryl/α,β-unsaturated/α-hetero) is 1. The van der Waals surface area contributed by atoms with Crippen molar-refractivity contribution in [1.82, 2.24) is 9.88 Å². The summed E-state index contributed by atoms with van der Waals surface area (Å²) >= 11 is 6.11. The molecule has 1 aliphatic rings. The van der Waals surface area contributed by atoms with Crippen molar-refractivity contribution < 1.29 is 24.2 Å². The van der Waals surface area contributed by atoms with Crippen molar-refractivity contribution in [2.45, 2.75) is 12.6 Å². The third-order valence-corrected chi connectivity index (χ3v) is 5.81. The maximum atomic E-state index is 13.1. The van der Waals surface area contributed by atoms with Crippen LogP contribution in [-0.4, -0.2) is 40.9 Å². The minimum absolute atomic E-state index is 0.0106. The molecule has 1 aromatic heterocycles. The number of rotatable bonds is 6. The normalized spacial score (nSPS) is 17.3. The highest BCUT2D eigenvalue weighted by molar-refractivity contribution is 6.46. The molecule has 1 aliphatic heterocycles. The van der Waals surface area contributed by atoms with Crippen LogP contribution in [0.2, 0.25) is 5.02 Å². The Bertz CT molecular complexity index is 1230. The molecule has 4 rings (SSSR count). The molecular formula is C25H21ClN2O5. The van der Waals surface area contributed by atoms with Crippen molar-refractivity contribution in [1.29, 1.82) is 0 Å². The van der Waals surface area contributed by atoms with E-state index in [1.165, 1.54) is 18.1 Å². The lowest BCUT2D eigenvalue weighted by Gasteiger charge is -2.25. The first-order chi connectivity index (χ1) is 15.9. The summed E-state index contributed by atoms with van der Waals surface area (Å²) in [6.45, 7) is 0.171. The van der Waals surface area contributed by atoms with Crippen LogP contribution >= 0.6 is 11.6 Å². The molecule has 7 nitrogen and oxygen atoms in total. The van der Waals surface area contributed by atoms with Gasteiger partial charge < -0.3 is 19.5 Å². The molecule has 1 unspecified atom stereocenters. The van der Waals surface area contributed by atoms with E-state index in [-0.39, 0.29) is 17.9 Å². The zero-order chi connectivity index (χ0) is 23.5. The summed E-state index contributed by atoms with van der Waals surface area (Å²) < 4.78 is 10.5. The lowest BCUT2D eigenvalue weighted by atomic mass is 9.95. The van der Waals surface area contributed by atoms with E-state index in [2.05, 4.69) is 4.98 Å². The van der Waals surface area contributed by atoms with E-state index in [0.29, 0.717) is 27.6 Å². The first-order valence-corrected chi connectivity index (χ1v) is 10.5. The molecule has 0 radical (unpaired) electrons. The van der Waals surface area contributed by atoms with E-state index in [0.717, 1.165) is 5.56 Å². The van der Waals surface area contributed by atoms with Crippen molar-refractivity contribution in [2.24, 2.45) is 0 Å². The zero-order valence-corrected chi connectivity index (χ0v) is 18.7. The third-order valence-electron chi connectivity index (χ3n) is 5.50. The number of hydrogen-bond donors (Lipinski definition) is 1. The van der Waals surface area contributed by atoms with Crippen LogP contribution in [-0.2, 0) is 16.1 Å². The van der Waals surface area contributed by atoms with Gasteiger partial charge in [0.25, 0.3) is 11.7 Å². The molecule has 33 heavy (non-hydrogen) atoms. The number of aliphatic hydroxyl groups is 1. The van der Waals surface area contributed by atoms with Gasteiger partial charge in [-0.05, 0) is 53.6 Å². The Labute approximate surface area is 195 Å². The van der Waals surface area contributed by atoms with E-state index >= 15 is 0 Å². The van der Waals surface area contributed by atoms with Gasteiger partial charge in [-0.15, -0.1) is 0 Å². The molecule has 2 aromatic carbocycles. The smallest absolute Gasteiger partial charge is 0.295 e. The number of ether oxygens (including phenoxy) is 2. The number of methoxy groups -OCH3 is 2. The Balaban J connectivity index is 1.86. The Morgan fingerprint density at radius 3 is 2.36 bits per heavy atom. The van der Waals surface area contributed by atoms with E-state index < -0.39 is 17.7 Å². The molecular weight excluding hydrogens is 444 g/mol. The minimum Gasteiger partial charge on any atom is -0.507 e. The average molecular weight is 465 g/mol. The second kappa shape index (κ2) is 9.34. The highest BCUT2D eigenvalue weighted by Gasteiger charge is 2.46. The van der Waals surface area contributed by atoms with E-state index in [4.69, 9.17) is 21.1 Å². The van der Waals surface area contributed by atoms with Gasteiger partial charge in [0.05, 0.1) is 30.9 Å². The SMILES string of the molecule is COc1ccc(C2/C(=C(/O)c3ccc(Cl)c(OC)c3)C(=O)C(=O)N2Cc2ccncc2)cc1. The zero-order valence-electron chi connectivity index (χ0n) is 18.0. The van der Waals surface area contributed by atoms with Gasteiger partial charge in [0.2, 0.25) is 0 Å². The summed E-state index contributed by atoms with van der Waals surface area (Å²) in [5.41, 5.74) is 1.77. The topological polar surface area (TPSA) is 89.0 Å². The Morgan fingerprint density at radius 1 is 1.03 bits per heavy atom. The van der Waals surface area contributed by atoms with E-state index in [1.807, 2.05) is 0 Å². The molecule has 0 aliphatic carbocycles. The number of likely N-dealkylation sites (tertiary alicyclic amines) is 1. The van der Waals surface area contributed by atoms with Crippen LogP contribution in [0.4, 0.5) is 0 Å². The number of halogens is 1. The maximum Gasteiger partial charge on any atom is 0.295 e. The standard InChI is InChI=1S/C25H21ClN2O5/c1-32-18-6-3-16(4-7-18)22-21(23(29)17-5-8-19(26)20(13-17)33-2)24(30)25(31)28(22)14-15-9-11-27-12-10-15/h3-13,22,29H,14H2,1-2H3/b23-21-. The number of amides is 1.